The molecule has 14 heavy (non-hydrogen) atoms. The van der Waals surface area contributed by atoms with Gasteiger partial charge in [-0.2, -0.15) is 0 Å². The molecule has 3 nitrogen and oxygen atoms in total. The van der Waals surface area contributed by atoms with Crippen LogP contribution < -0.4 is 5.73 Å². The van der Waals surface area contributed by atoms with E-state index in [-0.39, 0.29) is 17.4 Å². The van der Waals surface area contributed by atoms with Crippen LogP contribution in [0.15, 0.2) is 11.8 Å². The minimum atomic E-state index is -0.301. The monoisotopic (exact) mass is 198 g/mol. The number of primary amides is 1. The van der Waals surface area contributed by atoms with E-state index in [1.165, 1.54) is 5.57 Å². The van der Waals surface area contributed by atoms with Crippen LogP contribution in [0.5, 0.6) is 0 Å². The molecule has 0 spiro atoms. The van der Waals surface area contributed by atoms with Crippen LogP contribution in [0.25, 0.3) is 0 Å². The second-order valence-electron chi connectivity index (χ2n) is 4.81. The van der Waals surface area contributed by atoms with Crippen LogP contribution in [-0.4, -0.2) is 23.9 Å². The maximum Gasteiger partial charge on any atom is 0.239 e. The fourth-order valence-corrected chi connectivity index (χ4v) is 0.812. The van der Waals surface area contributed by atoms with Gasteiger partial charge in [-0.15, -0.1) is 0 Å². The Kier molecular flexibility index (Phi) is 4.17. The molecule has 0 heterocycles. The molecule has 0 saturated carbocycles. The zero-order chi connectivity index (χ0) is 11.5. The molecule has 82 valence electrons. The van der Waals surface area contributed by atoms with Gasteiger partial charge < -0.3 is 10.6 Å². The van der Waals surface area contributed by atoms with Crippen molar-refractivity contribution in [2.45, 2.75) is 40.7 Å². The highest BCUT2D eigenvalue weighted by Crippen LogP contribution is 2.24. The molecule has 0 bridgehead atoms. The number of carbonyl (C=O) groups excluding carboxylic acids is 1. The smallest absolute Gasteiger partial charge is 0.239 e. The average molecular weight is 198 g/mol. The Bertz CT molecular complexity index is 238. The van der Waals surface area contributed by atoms with Gasteiger partial charge in [0.25, 0.3) is 0 Å². The highest BCUT2D eigenvalue weighted by atomic mass is 16.1. The van der Waals surface area contributed by atoms with Gasteiger partial charge in [-0.25, -0.2) is 0 Å². The summed E-state index contributed by atoms with van der Waals surface area (Å²) in [6.07, 6.45) is 1.98. The van der Waals surface area contributed by atoms with Crippen LogP contribution in [0.2, 0.25) is 0 Å². The summed E-state index contributed by atoms with van der Waals surface area (Å²) in [7, 11) is 1.87. The summed E-state index contributed by atoms with van der Waals surface area (Å²) in [6.45, 7) is 10.3. The third kappa shape index (κ3) is 3.81. The Hall–Kier alpha value is -0.990. The van der Waals surface area contributed by atoms with E-state index in [1.54, 1.807) is 6.92 Å². The van der Waals surface area contributed by atoms with E-state index in [1.807, 2.05) is 18.1 Å². The zero-order valence-electron chi connectivity index (χ0n) is 10.1. The second kappa shape index (κ2) is 4.49. The molecule has 0 radical (unpaired) electrons. The van der Waals surface area contributed by atoms with Crippen molar-refractivity contribution < 1.29 is 4.79 Å². The summed E-state index contributed by atoms with van der Waals surface area (Å²) in [6, 6.07) is -0.257. The highest BCUT2D eigenvalue weighted by molar-refractivity contribution is 5.79. The quantitative estimate of drug-likeness (QED) is 0.751. The molecule has 0 saturated heterocycles. The van der Waals surface area contributed by atoms with Crippen molar-refractivity contribution in [3.05, 3.63) is 11.8 Å². The van der Waals surface area contributed by atoms with Gasteiger partial charge in [-0.3, -0.25) is 4.79 Å². The van der Waals surface area contributed by atoms with E-state index in [9.17, 15) is 4.79 Å². The van der Waals surface area contributed by atoms with Crippen LogP contribution in [0.3, 0.4) is 0 Å². The third-order valence-corrected chi connectivity index (χ3v) is 2.60. The molecule has 0 aliphatic heterocycles. The number of nitrogens with two attached hydrogens (primary N) is 1. The van der Waals surface area contributed by atoms with Gasteiger partial charge in [0.15, 0.2) is 0 Å². The molecule has 3 heteroatoms. The lowest BCUT2D eigenvalue weighted by Gasteiger charge is -2.26. The standard InChI is InChI=1S/C11H22N2O/c1-8(11(3,4)5)7-13(6)9(2)10(12)14/h7,9H,1-6H3,(H2,12,14)/b8-7+. The number of rotatable bonds is 3. The summed E-state index contributed by atoms with van der Waals surface area (Å²) >= 11 is 0. The second-order valence-corrected chi connectivity index (χ2v) is 4.81. The van der Waals surface area contributed by atoms with Crippen molar-refractivity contribution in [2.24, 2.45) is 11.1 Å². The van der Waals surface area contributed by atoms with E-state index in [2.05, 4.69) is 27.7 Å². The fourth-order valence-electron chi connectivity index (χ4n) is 0.812. The molecule has 0 aromatic heterocycles. The predicted octanol–water partition coefficient (Wildman–Crippen LogP) is 1.74. The molecule has 0 aromatic carbocycles. The van der Waals surface area contributed by atoms with Crippen molar-refractivity contribution in [1.29, 1.82) is 0 Å². The van der Waals surface area contributed by atoms with Crippen molar-refractivity contribution >= 4 is 5.91 Å². The van der Waals surface area contributed by atoms with Gasteiger partial charge in [0.1, 0.15) is 6.04 Å². The van der Waals surface area contributed by atoms with Crippen molar-refractivity contribution in [3.8, 4) is 0 Å². The first kappa shape index (κ1) is 13.0. The first-order chi connectivity index (χ1) is 6.16. The minimum absolute atomic E-state index is 0.131. The number of amides is 1. The highest BCUT2D eigenvalue weighted by Gasteiger charge is 2.16. The van der Waals surface area contributed by atoms with Crippen LogP contribution in [0.1, 0.15) is 34.6 Å². The van der Waals surface area contributed by atoms with Gasteiger partial charge in [0, 0.05) is 7.05 Å². The fraction of sp³-hybridized carbons (Fsp3) is 0.727. The lowest BCUT2D eigenvalue weighted by molar-refractivity contribution is -0.121. The molecular weight excluding hydrogens is 176 g/mol. The molecule has 2 N–H and O–H groups in total. The van der Waals surface area contributed by atoms with Crippen molar-refractivity contribution in [1.82, 2.24) is 4.90 Å². The molecule has 1 amide bonds. The first-order valence-electron chi connectivity index (χ1n) is 4.86. The molecular formula is C11H22N2O. The zero-order valence-corrected chi connectivity index (χ0v) is 10.1. The molecule has 1 atom stereocenters. The molecule has 0 aliphatic carbocycles. The summed E-state index contributed by atoms with van der Waals surface area (Å²) in [4.78, 5) is 12.8. The number of nitrogens with zero attached hydrogens (tertiary/aromatic N) is 1. The predicted molar refractivity (Wildman–Crippen MR) is 59.6 cm³/mol. The number of likely N-dealkylation sites (N-methyl/N-ethyl adjacent to an activating group) is 1. The van der Waals surface area contributed by atoms with E-state index < -0.39 is 0 Å². The Morgan fingerprint density at radius 1 is 1.43 bits per heavy atom. The maximum absolute atomic E-state index is 10.9. The summed E-state index contributed by atoms with van der Waals surface area (Å²) in [5.74, 6) is -0.301. The number of hydrogen-bond donors (Lipinski definition) is 1. The van der Waals surface area contributed by atoms with Gasteiger partial charge in [-0.05, 0) is 25.5 Å². The van der Waals surface area contributed by atoms with Gasteiger partial charge in [0.05, 0.1) is 0 Å². The number of allylic oxidation sites excluding steroid dienone is 1. The Morgan fingerprint density at radius 3 is 2.14 bits per heavy atom. The van der Waals surface area contributed by atoms with Crippen molar-refractivity contribution in [2.75, 3.05) is 7.05 Å². The van der Waals surface area contributed by atoms with E-state index in [0.717, 1.165) is 0 Å². The number of hydrogen-bond acceptors (Lipinski definition) is 2. The lowest BCUT2D eigenvalue weighted by Crippen LogP contribution is -2.37. The lowest BCUT2D eigenvalue weighted by atomic mass is 9.88. The topological polar surface area (TPSA) is 46.3 Å². The van der Waals surface area contributed by atoms with Gasteiger partial charge in [0.2, 0.25) is 5.91 Å². The van der Waals surface area contributed by atoms with E-state index >= 15 is 0 Å². The Labute approximate surface area is 87.0 Å². The summed E-state index contributed by atoms with van der Waals surface area (Å²) < 4.78 is 0. The molecule has 0 rings (SSSR count). The van der Waals surface area contributed by atoms with E-state index in [0.29, 0.717) is 0 Å². The molecule has 0 aromatic rings. The van der Waals surface area contributed by atoms with Crippen molar-refractivity contribution in [3.63, 3.8) is 0 Å². The number of carbonyl (C=O) groups is 1. The Balaban J connectivity index is 4.59. The normalized spacial score (nSPS) is 15.1. The third-order valence-electron chi connectivity index (χ3n) is 2.60. The SMILES string of the molecule is C/C(=C\N(C)C(C)C(N)=O)C(C)(C)C. The van der Waals surface area contributed by atoms with Crippen LogP contribution in [-0.2, 0) is 4.79 Å². The van der Waals surface area contributed by atoms with Crippen LogP contribution in [0, 0.1) is 5.41 Å². The van der Waals surface area contributed by atoms with Gasteiger partial charge in [-0.1, -0.05) is 26.3 Å². The first-order valence-corrected chi connectivity index (χ1v) is 4.86. The van der Waals surface area contributed by atoms with Gasteiger partial charge >= 0.3 is 0 Å². The molecule has 0 aliphatic rings. The average Bonchev–Trinajstić information content (AvgIpc) is 2.00. The molecule has 0 fully saturated rings. The van der Waals surface area contributed by atoms with E-state index in [4.69, 9.17) is 5.73 Å². The van der Waals surface area contributed by atoms with Crippen LogP contribution in [0.4, 0.5) is 0 Å². The van der Waals surface area contributed by atoms with Crippen LogP contribution >= 0.6 is 0 Å². The minimum Gasteiger partial charge on any atom is -0.369 e. The summed E-state index contributed by atoms with van der Waals surface area (Å²) in [5, 5.41) is 0. The molecule has 1 unspecified atom stereocenters. The summed E-state index contributed by atoms with van der Waals surface area (Å²) in [5.41, 5.74) is 6.57. The Morgan fingerprint density at radius 2 is 1.86 bits per heavy atom. The maximum atomic E-state index is 10.9. The largest absolute Gasteiger partial charge is 0.369 e.